The van der Waals surface area contributed by atoms with Gasteiger partial charge in [0, 0.05) is 17.3 Å². The molecule has 0 radical (unpaired) electrons. The first-order chi connectivity index (χ1) is 9.92. The summed E-state index contributed by atoms with van der Waals surface area (Å²) in [6.07, 6.45) is 0. The van der Waals surface area contributed by atoms with Crippen LogP contribution in [0.25, 0.3) is 0 Å². The predicted octanol–water partition coefficient (Wildman–Crippen LogP) is 5.45. The van der Waals surface area contributed by atoms with Crippen LogP contribution in [0.1, 0.15) is 18.5 Å². The minimum atomic E-state index is -0.674. The molecule has 2 aromatic rings. The highest BCUT2D eigenvalue weighted by Gasteiger charge is 2.14. The summed E-state index contributed by atoms with van der Waals surface area (Å²) in [7, 11) is 1.47. The molecule has 0 saturated heterocycles. The zero-order valence-corrected chi connectivity index (χ0v) is 12.9. The number of anilines is 1. The van der Waals surface area contributed by atoms with Gasteiger partial charge in [0.25, 0.3) is 0 Å². The lowest BCUT2D eigenvalue weighted by Crippen LogP contribution is -2.09. The van der Waals surface area contributed by atoms with Gasteiger partial charge < -0.3 is 10.1 Å². The first-order valence-electron chi connectivity index (χ1n) is 6.17. The largest absolute Gasteiger partial charge is 0.497 e. The summed E-state index contributed by atoms with van der Waals surface area (Å²) in [6.45, 7) is 1.77. The highest BCUT2D eigenvalue weighted by Crippen LogP contribution is 2.30. The van der Waals surface area contributed by atoms with Crippen LogP contribution in [0.2, 0.25) is 10.0 Å². The topological polar surface area (TPSA) is 21.3 Å². The molecule has 0 spiro atoms. The fourth-order valence-electron chi connectivity index (χ4n) is 1.95. The van der Waals surface area contributed by atoms with E-state index in [0.29, 0.717) is 17.0 Å². The molecule has 0 fully saturated rings. The van der Waals surface area contributed by atoms with Gasteiger partial charge in [-0.3, -0.25) is 0 Å². The van der Waals surface area contributed by atoms with Crippen molar-refractivity contribution in [3.8, 4) is 5.75 Å². The van der Waals surface area contributed by atoms with Crippen LogP contribution < -0.4 is 10.1 Å². The van der Waals surface area contributed by atoms with Crippen molar-refractivity contribution >= 4 is 28.9 Å². The maximum atomic E-state index is 14.0. The van der Waals surface area contributed by atoms with E-state index in [9.17, 15) is 8.78 Å². The highest BCUT2D eigenvalue weighted by atomic mass is 35.5. The Kier molecular flexibility index (Phi) is 4.91. The maximum absolute atomic E-state index is 14.0. The molecule has 0 heterocycles. The molecule has 6 heteroatoms. The summed E-state index contributed by atoms with van der Waals surface area (Å²) in [5, 5.41) is 2.85. The van der Waals surface area contributed by atoms with E-state index in [0.717, 1.165) is 0 Å². The van der Waals surface area contributed by atoms with E-state index in [4.69, 9.17) is 27.9 Å². The third kappa shape index (κ3) is 3.57. The molecule has 0 aliphatic rings. The molecule has 0 saturated carbocycles. The minimum absolute atomic E-state index is 0.0904. The van der Waals surface area contributed by atoms with E-state index in [1.807, 2.05) is 0 Å². The van der Waals surface area contributed by atoms with Gasteiger partial charge in [-0.1, -0.05) is 29.3 Å². The van der Waals surface area contributed by atoms with Gasteiger partial charge in [0.2, 0.25) is 0 Å². The fraction of sp³-hybridized carbons (Fsp3) is 0.200. The van der Waals surface area contributed by atoms with Gasteiger partial charge in [-0.05, 0) is 25.1 Å². The van der Waals surface area contributed by atoms with Gasteiger partial charge >= 0.3 is 0 Å². The lowest BCUT2D eigenvalue weighted by atomic mass is 10.1. The van der Waals surface area contributed by atoms with Crippen LogP contribution in [0.5, 0.6) is 5.75 Å². The summed E-state index contributed by atoms with van der Waals surface area (Å²) in [4.78, 5) is 0. The smallest absolute Gasteiger partial charge is 0.160 e. The molecule has 2 rings (SSSR count). The average Bonchev–Trinajstić information content (AvgIpc) is 2.44. The third-order valence-corrected chi connectivity index (χ3v) is 3.59. The molecule has 0 aliphatic carbocycles. The number of methoxy groups -OCH3 is 1. The van der Waals surface area contributed by atoms with Crippen molar-refractivity contribution in [2.45, 2.75) is 13.0 Å². The Bertz CT molecular complexity index is 641. The van der Waals surface area contributed by atoms with Crippen molar-refractivity contribution in [1.29, 1.82) is 0 Å². The molecule has 1 unspecified atom stereocenters. The van der Waals surface area contributed by atoms with Crippen molar-refractivity contribution in [1.82, 2.24) is 0 Å². The SMILES string of the molecule is COc1ccc(C(C)Nc2cc(Cl)c(F)c(Cl)c2)c(F)c1. The van der Waals surface area contributed by atoms with E-state index in [-0.39, 0.29) is 16.1 Å². The second-order valence-electron chi connectivity index (χ2n) is 4.51. The number of benzene rings is 2. The summed E-state index contributed by atoms with van der Waals surface area (Å²) in [5.74, 6) is -0.628. The van der Waals surface area contributed by atoms with Crippen molar-refractivity contribution in [3.63, 3.8) is 0 Å². The first-order valence-corrected chi connectivity index (χ1v) is 6.92. The molecule has 0 aromatic heterocycles. The predicted molar refractivity (Wildman–Crippen MR) is 81.4 cm³/mol. The van der Waals surface area contributed by atoms with Gasteiger partial charge in [0.05, 0.1) is 23.2 Å². The van der Waals surface area contributed by atoms with E-state index < -0.39 is 11.6 Å². The van der Waals surface area contributed by atoms with Crippen molar-refractivity contribution in [2.75, 3.05) is 12.4 Å². The van der Waals surface area contributed by atoms with Crippen molar-refractivity contribution in [2.24, 2.45) is 0 Å². The number of hydrogen-bond donors (Lipinski definition) is 1. The van der Waals surface area contributed by atoms with Crippen LogP contribution in [0.15, 0.2) is 30.3 Å². The van der Waals surface area contributed by atoms with E-state index in [2.05, 4.69) is 5.32 Å². The summed E-state index contributed by atoms with van der Waals surface area (Å²) < 4.78 is 32.3. The third-order valence-electron chi connectivity index (χ3n) is 3.04. The number of hydrogen-bond acceptors (Lipinski definition) is 2. The monoisotopic (exact) mass is 331 g/mol. The summed E-state index contributed by atoms with van der Waals surface area (Å²) in [5.41, 5.74) is 0.960. The second kappa shape index (κ2) is 6.50. The Hall–Kier alpha value is -1.52. The lowest BCUT2D eigenvalue weighted by molar-refractivity contribution is 0.410. The normalized spacial score (nSPS) is 12.1. The molecule has 0 bridgehead atoms. The summed E-state index contributed by atoms with van der Waals surface area (Å²) >= 11 is 11.5. The number of rotatable bonds is 4. The molecule has 0 amide bonds. The zero-order chi connectivity index (χ0) is 15.6. The van der Waals surface area contributed by atoms with Gasteiger partial charge in [0.15, 0.2) is 5.82 Å². The fourth-order valence-corrected chi connectivity index (χ4v) is 2.44. The van der Waals surface area contributed by atoms with Crippen LogP contribution in [-0.4, -0.2) is 7.11 Å². The Morgan fingerprint density at radius 3 is 2.24 bits per heavy atom. The van der Waals surface area contributed by atoms with Crippen LogP contribution >= 0.6 is 23.2 Å². The standard InChI is InChI=1S/C15H13Cl2F2NO/c1-8(11-4-3-10(21-2)7-14(11)18)20-9-5-12(16)15(19)13(17)6-9/h3-8,20H,1-2H3. The molecule has 0 aliphatic heterocycles. The quantitative estimate of drug-likeness (QED) is 0.752. The molecule has 112 valence electrons. The number of halogens is 4. The lowest BCUT2D eigenvalue weighted by Gasteiger charge is -2.17. The van der Waals surface area contributed by atoms with Crippen LogP contribution in [0, 0.1) is 11.6 Å². The van der Waals surface area contributed by atoms with E-state index >= 15 is 0 Å². The molecular formula is C15H13Cl2F2NO. The molecule has 1 N–H and O–H groups in total. The van der Waals surface area contributed by atoms with E-state index in [1.165, 1.54) is 25.3 Å². The molecular weight excluding hydrogens is 319 g/mol. The van der Waals surface area contributed by atoms with Crippen LogP contribution in [0.3, 0.4) is 0 Å². The van der Waals surface area contributed by atoms with Crippen molar-refractivity contribution in [3.05, 3.63) is 57.6 Å². The van der Waals surface area contributed by atoms with Crippen molar-refractivity contribution < 1.29 is 13.5 Å². The zero-order valence-electron chi connectivity index (χ0n) is 11.4. The molecule has 1 atom stereocenters. The highest BCUT2D eigenvalue weighted by molar-refractivity contribution is 6.35. The second-order valence-corrected chi connectivity index (χ2v) is 5.32. The van der Waals surface area contributed by atoms with Gasteiger partial charge in [-0.15, -0.1) is 0 Å². The Labute approximate surface area is 131 Å². The Morgan fingerprint density at radius 2 is 1.71 bits per heavy atom. The maximum Gasteiger partial charge on any atom is 0.160 e. The Morgan fingerprint density at radius 1 is 1.10 bits per heavy atom. The van der Waals surface area contributed by atoms with Gasteiger partial charge in [0.1, 0.15) is 11.6 Å². The van der Waals surface area contributed by atoms with E-state index in [1.54, 1.807) is 19.1 Å². The molecule has 2 aromatic carbocycles. The number of nitrogens with one attached hydrogen (secondary N) is 1. The van der Waals surface area contributed by atoms with Gasteiger partial charge in [-0.2, -0.15) is 0 Å². The number of ether oxygens (including phenoxy) is 1. The van der Waals surface area contributed by atoms with Gasteiger partial charge in [-0.25, -0.2) is 8.78 Å². The Balaban J connectivity index is 2.23. The molecule has 2 nitrogen and oxygen atoms in total. The van der Waals surface area contributed by atoms with Crippen LogP contribution in [0.4, 0.5) is 14.5 Å². The first kappa shape index (κ1) is 15.9. The summed E-state index contributed by atoms with van der Waals surface area (Å²) in [6, 6.07) is 7.05. The minimum Gasteiger partial charge on any atom is -0.497 e. The average molecular weight is 332 g/mol. The van der Waals surface area contributed by atoms with Crippen LogP contribution in [-0.2, 0) is 0 Å². The molecule has 21 heavy (non-hydrogen) atoms.